The summed E-state index contributed by atoms with van der Waals surface area (Å²) in [6.07, 6.45) is 0. The number of thiophene rings is 1. The molecule has 1 saturated heterocycles. The van der Waals surface area contributed by atoms with Crippen LogP contribution in [0.1, 0.15) is 22.7 Å². The average molecular weight is 297 g/mol. The van der Waals surface area contributed by atoms with Crippen LogP contribution in [-0.2, 0) is 9.53 Å². The largest absolute Gasteiger partial charge is 0.378 e. The van der Waals surface area contributed by atoms with Gasteiger partial charge in [0.1, 0.15) is 6.04 Å². The van der Waals surface area contributed by atoms with Gasteiger partial charge in [-0.25, -0.2) is 0 Å². The standard InChI is InChI=1S/C14H23N3O2S/c1-9-4-5-12(20-9)13(10(2)15)17-6-7-19-8-11(17)14(18)16-3/h4-5,10-11,13H,6-8,15H2,1-3H3,(H,16,18). The maximum atomic E-state index is 12.1. The lowest BCUT2D eigenvalue weighted by molar-refractivity contribution is -0.134. The summed E-state index contributed by atoms with van der Waals surface area (Å²) in [6.45, 7) is 5.87. The van der Waals surface area contributed by atoms with Crippen LogP contribution >= 0.6 is 11.3 Å². The van der Waals surface area contributed by atoms with Crippen LogP contribution in [0.3, 0.4) is 0 Å². The van der Waals surface area contributed by atoms with Crippen LogP contribution in [0.4, 0.5) is 0 Å². The van der Waals surface area contributed by atoms with Crippen molar-refractivity contribution in [3.05, 3.63) is 21.9 Å². The van der Waals surface area contributed by atoms with E-state index in [1.54, 1.807) is 18.4 Å². The molecule has 0 radical (unpaired) electrons. The average Bonchev–Trinajstić information content (AvgIpc) is 2.84. The fourth-order valence-electron chi connectivity index (χ4n) is 2.68. The molecule has 6 heteroatoms. The van der Waals surface area contributed by atoms with E-state index in [0.717, 1.165) is 6.54 Å². The van der Waals surface area contributed by atoms with E-state index in [0.29, 0.717) is 13.2 Å². The number of carbonyl (C=O) groups is 1. The van der Waals surface area contributed by atoms with Gasteiger partial charge in [-0.1, -0.05) is 0 Å². The number of aryl methyl sites for hydroxylation is 1. The minimum Gasteiger partial charge on any atom is -0.378 e. The van der Waals surface area contributed by atoms with E-state index < -0.39 is 0 Å². The van der Waals surface area contributed by atoms with Crippen molar-refractivity contribution in [2.45, 2.75) is 32.0 Å². The van der Waals surface area contributed by atoms with Crippen LogP contribution in [0.2, 0.25) is 0 Å². The minimum absolute atomic E-state index is 0.0105. The van der Waals surface area contributed by atoms with E-state index >= 15 is 0 Å². The number of rotatable bonds is 4. The summed E-state index contributed by atoms with van der Waals surface area (Å²) in [6, 6.07) is 3.96. The monoisotopic (exact) mass is 297 g/mol. The van der Waals surface area contributed by atoms with Crippen LogP contribution in [0.15, 0.2) is 12.1 Å². The molecule has 20 heavy (non-hydrogen) atoms. The summed E-state index contributed by atoms with van der Waals surface area (Å²) in [7, 11) is 1.66. The molecule has 1 aromatic rings. The van der Waals surface area contributed by atoms with Crippen LogP contribution in [0.25, 0.3) is 0 Å². The van der Waals surface area contributed by atoms with Crippen LogP contribution < -0.4 is 11.1 Å². The third kappa shape index (κ3) is 3.20. The first-order valence-electron chi connectivity index (χ1n) is 6.91. The molecule has 0 saturated carbocycles. The normalized spacial score (nSPS) is 23.3. The molecule has 3 atom stereocenters. The third-order valence-electron chi connectivity index (χ3n) is 3.63. The smallest absolute Gasteiger partial charge is 0.239 e. The van der Waals surface area contributed by atoms with Crippen LogP contribution in [0.5, 0.6) is 0 Å². The Kier molecular flexibility index (Phi) is 5.15. The first-order valence-corrected chi connectivity index (χ1v) is 7.73. The predicted octanol–water partition coefficient (Wildman–Crippen LogP) is 0.892. The first-order chi connectivity index (χ1) is 9.54. The van der Waals surface area contributed by atoms with Crippen molar-refractivity contribution in [2.24, 2.45) is 5.73 Å². The van der Waals surface area contributed by atoms with Crippen LogP contribution in [-0.4, -0.2) is 49.7 Å². The topological polar surface area (TPSA) is 67.6 Å². The molecule has 3 unspecified atom stereocenters. The molecule has 5 nitrogen and oxygen atoms in total. The highest BCUT2D eigenvalue weighted by Gasteiger charge is 2.36. The fraction of sp³-hybridized carbons (Fsp3) is 0.643. The van der Waals surface area contributed by atoms with E-state index in [1.165, 1.54) is 9.75 Å². The van der Waals surface area contributed by atoms with E-state index in [-0.39, 0.29) is 24.0 Å². The zero-order valence-corrected chi connectivity index (χ0v) is 13.1. The molecule has 0 spiro atoms. The molecule has 1 aromatic heterocycles. The van der Waals surface area contributed by atoms with Crippen molar-refractivity contribution in [3.63, 3.8) is 0 Å². The number of hydrogen-bond donors (Lipinski definition) is 2. The summed E-state index contributed by atoms with van der Waals surface area (Å²) in [4.78, 5) is 16.7. The molecular formula is C14H23N3O2S. The number of hydrogen-bond acceptors (Lipinski definition) is 5. The molecule has 1 fully saturated rings. The fourth-order valence-corrected chi connectivity index (χ4v) is 3.79. The second kappa shape index (κ2) is 6.67. The first kappa shape index (κ1) is 15.4. The zero-order valence-electron chi connectivity index (χ0n) is 12.3. The van der Waals surface area contributed by atoms with Gasteiger partial charge >= 0.3 is 0 Å². The Morgan fingerprint density at radius 1 is 1.60 bits per heavy atom. The highest BCUT2D eigenvalue weighted by molar-refractivity contribution is 7.12. The highest BCUT2D eigenvalue weighted by atomic mass is 32.1. The molecule has 2 rings (SSSR count). The van der Waals surface area contributed by atoms with Crippen molar-refractivity contribution >= 4 is 17.2 Å². The van der Waals surface area contributed by atoms with E-state index in [1.807, 2.05) is 6.92 Å². The molecule has 1 aliphatic rings. The Morgan fingerprint density at radius 2 is 2.35 bits per heavy atom. The van der Waals surface area contributed by atoms with Gasteiger partial charge in [0.2, 0.25) is 5.91 Å². The molecule has 0 aromatic carbocycles. The number of amides is 1. The number of ether oxygens (including phenoxy) is 1. The van der Waals surface area contributed by atoms with E-state index in [9.17, 15) is 4.79 Å². The lowest BCUT2D eigenvalue weighted by Gasteiger charge is -2.41. The Balaban J connectivity index is 2.28. The van der Waals surface area contributed by atoms with Crippen molar-refractivity contribution in [1.82, 2.24) is 10.2 Å². The molecule has 1 amide bonds. The summed E-state index contributed by atoms with van der Waals surface area (Å²) in [5.74, 6) is -0.0105. The van der Waals surface area contributed by atoms with E-state index in [2.05, 4.69) is 29.3 Å². The second-order valence-electron chi connectivity index (χ2n) is 5.20. The van der Waals surface area contributed by atoms with Gasteiger partial charge in [-0.05, 0) is 26.0 Å². The van der Waals surface area contributed by atoms with Gasteiger partial charge in [0, 0.05) is 29.4 Å². The number of carbonyl (C=O) groups excluding carboxylic acids is 1. The minimum atomic E-state index is -0.271. The molecule has 3 N–H and O–H groups in total. The maximum Gasteiger partial charge on any atom is 0.239 e. The Hall–Kier alpha value is -0.950. The van der Waals surface area contributed by atoms with Gasteiger partial charge in [-0.15, -0.1) is 11.3 Å². The molecule has 0 aliphatic carbocycles. The van der Waals surface area contributed by atoms with Gasteiger partial charge in [0.25, 0.3) is 0 Å². The third-order valence-corrected chi connectivity index (χ3v) is 4.70. The molecule has 1 aliphatic heterocycles. The predicted molar refractivity (Wildman–Crippen MR) is 80.8 cm³/mol. The van der Waals surface area contributed by atoms with Gasteiger partial charge < -0.3 is 15.8 Å². The van der Waals surface area contributed by atoms with Crippen LogP contribution in [0, 0.1) is 6.92 Å². The lowest BCUT2D eigenvalue weighted by atomic mass is 10.0. The Labute approximate surface area is 124 Å². The molecular weight excluding hydrogens is 274 g/mol. The molecule has 0 bridgehead atoms. The summed E-state index contributed by atoms with van der Waals surface area (Å²) in [5.41, 5.74) is 6.21. The lowest BCUT2D eigenvalue weighted by Crippen LogP contribution is -2.56. The number of nitrogens with zero attached hydrogens (tertiary/aromatic N) is 1. The van der Waals surface area contributed by atoms with Crippen molar-refractivity contribution in [2.75, 3.05) is 26.8 Å². The maximum absolute atomic E-state index is 12.1. The number of likely N-dealkylation sites (N-methyl/N-ethyl adjacent to an activating group) is 1. The van der Waals surface area contributed by atoms with Gasteiger partial charge in [-0.3, -0.25) is 9.69 Å². The zero-order chi connectivity index (χ0) is 14.7. The van der Waals surface area contributed by atoms with Crippen molar-refractivity contribution < 1.29 is 9.53 Å². The highest BCUT2D eigenvalue weighted by Crippen LogP contribution is 2.32. The van der Waals surface area contributed by atoms with Gasteiger partial charge in [0.15, 0.2) is 0 Å². The molecule has 2 heterocycles. The SMILES string of the molecule is CNC(=O)C1COCCN1C(c1ccc(C)s1)C(C)N. The Morgan fingerprint density at radius 3 is 2.90 bits per heavy atom. The van der Waals surface area contributed by atoms with Gasteiger partial charge in [-0.2, -0.15) is 0 Å². The Bertz CT molecular complexity index is 461. The number of nitrogens with one attached hydrogen (secondary N) is 1. The number of nitrogens with two attached hydrogens (primary N) is 1. The summed E-state index contributed by atoms with van der Waals surface area (Å²) in [5, 5.41) is 2.72. The quantitative estimate of drug-likeness (QED) is 0.866. The molecule has 112 valence electrons. The van der Waals surface area contributed by atoms with Gasteiger partial charge in [0.05, 0.1) is 19.3 Å². The van der Waals surface area contributed by atoms with Crippen molar-refractivity contribution in [1.29, 1.82) is 0 Å². The summed E-state index contributed by atoms with van der Waals surface area (Å²) < 4.78 is 5.47. The van der Waals surface area contributed by atoms with Crippen molar-refractivity contribution in [3.8, 4) is 0 Å². The van der Waals surface area contributed by atoms with E-state index in [4.69, 9.17) is 10.5 Å². The number of morpholine rings is 1. The second-order valence-corrected chi connectivity index (χ2v) is 6.51. The summed E-state index contributed by atoms with van der Waals surface area (Å²) >= 11 is 1.74.